The molecule has 160 valence electrons. The van der Waals surface area contributed by atoms with Crippen molar-refractivity contribution in [2.24, 2.45) is 5.10 Å². The molecule has 0 aliphatic rings. The Morgan fingerprint density at radius 1 is 0.935 bits per heavy atom. The number of sulfonamides is 1. The van der Waals surface area contributed by atoms with Crippen LogP contribution < -0.4 is 14.3 Å². The third kappa shape index (κ3) is 6.42. The molecule has 0 aromatic heterocycles. The summed E-state index contributed by atoms with van der Waals surface area (Å²) in [5.41, 5.74) is 1.04. The molecule has 0 amide bonds. The van der Waals surface area contributed by atoms with E-state index in [1.54, 1.807) is 66.7 Å². The molecular weight excluding hydrogens is 416 g/mol. The van der Waals surface area contributed by atoms with E-state index >= 15 is 0 Å². The second-order valence-corrected chi connectivity index (χ2v) is 8.16. The fraction of sp³-hybridized carbons (Fsp3) is 0.130. The highest BCUT2D eigenvalue weighted by Crippen LogP contribution is 2.16. The molecule has 0 saturated carbocycles. The van der Waals surface area contributed by atoms with E-state index in [1.807, 2.05) is 6.92 Å². The van der Waals surface area contributed by atoms with Crippen LogP contribution in [-0.4, -0.2) is 27.2 Å². The van der Waals surface area contributed by atoms with Crippen LogP contribution in [0.25, 0.3) is 0 Å². The molecule has 31 heavy (non-hydrogen) atoms. The number of carbonyl (C=O) groups excluding carboxylic acids is 1. The number of ether oxygens (including phenoxy) is 2. The number of rotatable bonds is 9. The molecule has 1 N–H and O–H groups in total. The van der Waals surface area contributed by atoms with Gasteiger partial charge in [-0.2, -0.15) is 13.5 Å². The maximum absolute atomic E-state index is 12.3. The Hall–Kier alpha value is -3.65. The van der Waals surface area contributed by atoms with Crippen molar-refractivity contribution in [3.63, 3.8) is 0 Å². The zero-order valence-electron chi connectivity index (χ0n) is 16.9. The van der Waals surface area contributed by atoms with E-state index in [0.717, 1.165) is 6.42 Å². The summed E-state index contributed by atoms with van der Waals surface area (Å²) in [4.78, 5) is 14.6. The van der Waals surface area contributed by atoms with Gasteiger partial charge in [-0.05, 0) is 72.6 Å². The lowest BCUT2D eigenvalue weighted by Crippen LogP contribution is -2.18. The number of carbonyl (C=O) groups is 1. The van der Waals surface area contributed by atoms with E-state index in [9.17, 15) is 13.2 Å². The average Bonchev–Trinajstić information content (AvgIpc) is 2.79. The molecule has 3 aromatic rings. The first-order valence-corrected chi connectivity index (χ1v) is 11.1. The van der Waals surface area contributed by atoms with Gasteiger partial charge in [0.1, 0.15) is 11.5 Å². The molecule has 7 nitrogen and oxygen atoms in total. The highest BCUT2D eigenvalue weighted by Gasteiger charge is 2.11. The van der Waals surface area contributed by atoms with Crippen LogP contribution in [0.3, 0.4) is 0 Å². The van der Waals surface area contributed by atoms with Crippen molar-refractivity contribution in [3.05, 3.63) is 90.0 Å². The van der Waals surface area contributed by atoms with Gasteiger partial charge in [-0.3, -0.25) is 0 Å². The molecule has 3 aromatic carbocycles. The van der Waals surface area contributed by atoms with Crippen LogP contribution in [0.15, 0.2) is 88.9 Å². The summed E-state index contributed by atoms with van der Waals surface area (Å²) in [5.74, 6) is 0.572. The summed E-state index contributed by atoms with van der Waals surface area (Å²) in [6.07, 6.45) is 2.27. The molecule has 8 heteroatoms. The molecule has 0 atom stereocenters. The normalized spacial score (nSPS) is 11.3. The van der Waals surface area contributed by atoms with Gasteiger partial charge in [0.05, 0.1) is 23.3 Å². The summed E-state index contributed by atoms with van der Waals surface area (Å²) >= 11 is 0. The topological polar surface area (TPSA) is 94.1 Å². The van der Waals surface area contributed by atoms with E-state index in [0.29, 0.717) is 29.2 Å². The first-order valence-electron chi connectivity index (χ1n) is 9.63. The standard InChI is InChI=1S/C23H22N2O5S/c1-2-16-29-20-14-10-19(11-15-20)23(26)30-21-12-8-18(9-13-21)17-24-25-31(27,28)22-6-4-3-5-7-22/h3-15,17,25H,2,16H2,1H3. The second-order valence-electron chi connectivity index (χ2n) is 6.50. The van der Waals surface area contributed by atoms with Gasteiger partial charge in [0, 0.05) is 0 Å². The minimum absolute atomic E-state index is 0.124. The minimum Gasteiger partial charge on any atom is -0.494 e. The zero-order chi connectivity index (χ0) is 22.1. The Kier molecular flexibility index (Phi) is 7.40. The highest BCUT2D eigenvalue weighted by atomic mass is 32.2. The molecule has 0 fully saturated rings. The van der Waals surface area contributed by atoms with Crippen LogP contribution in [-0.2, 0) is 10.0 Å². The molecule has 0 bridgehead atoms. The second kappa shape index (κ2) is 10.4. The number of nitrogens with one attached hydrogen (secondary N) is 1. The van der Waals surface area contributed by atoms with Crippen LogP contribution in [0, 0.1) is 0 Å². The quantitative estimate of drug-likeness (QED) is 0.236. The molecule has 0 heterocycles. The Bertz CT molecular complexity index is 1130. The molecule has 0 spiro atoms. The van der Waals surface area contributed by atoms with E-state index in [2.05, 4.69) is 9.93 Å². The summed E-state index contributed by atoms with van der Waals surface area (Å²) in [5, 5.41) is 3.77. The first-order chi connectivity index (χ1) is 15.0. The highest BCUT2D eigenvalue weighted by molar-refractivity contribution is 7.89. The van der Waals surface area contributed by atoms with Gasteiger partial charge in [-0.15, -0.1) is 0 Å². The van der Waals surface area contributed by atoms with Crippen molar-refractivity contribution in [3.8, 4) is 11.5 Å². The monoisotopic (exact) mass is 438 g/mol. The van der Waals surface area contributed by atoms with Crippen LogP contribution in [0.4, 0.5) is 0 Å². The molecule has 0 aliphatic heterocycles. The predicted molar refractivity (Wildman–Crippen MR) is 118 cm³/mol. The van der Waals surface area contributed by atoms with Gasteiger partial charge in [-0.1, -0.05) is 25.1 Å². The molecule has 0 unspecified atom stereocenters. The fourth-order valence-corrected chi connectivity index (χ4v) is 3.33. The lowest BCUT2D eigenvalue weighted by Gasteiger charge is -2.07. The van der Waals surface area contributed by atoms with Crippen molar-refractivity contribution in [2.45, 2.75) is 18.2 Å². The van der Waals surface area contributed by atoms with Gasteiger partial charge in [0.25, 0.3) is 10.0 Å². The molecule has 0 saturated heterocycles. The Morgan fingerprint density at radius 3 is 2.23 bits per heavy atom. The van der Waals surface area contributed by atoms with Gasteiger partial charge in [-0.25, -0.2) is 9.63 Å². The van der Waals surface area contributed by atoms with Gasteiger partial charge in [0.15, 0.2) is 0 Å². The van der Waals surface area contributed by atoms with Gasteiger partial charge in [0.2, 0.25) is 0 Å². The van der Waals surface area contributed by atoms with E-state index in [1.165, 1.54) is 18.3 Å². The third-order valence-corrected chi connectivity index (χ3v) is 5.33. The minimum atomic E-state index is -3.72. The van der Waals surface area contributed by atoms with Crippen molar-refractivity contribution >= 4 is 22.2 Å². The van der Waals surface area contributed by atoms with Crippen LogP contribution >= 0.6 is 0 Å². The largest absolute Gasteiger partial charge is 0.494 e. The maximum Gasteiger partial charge on any atom is 0.343 e. The number of benzene rings is 3. The van der Waals surface area contributed by atoms with Crippen molar-refractivity contribution in [1.82, 2.24) is 4.83 Å². The third-order valence-electron chi connectivity index (χ3n) is 4.09. The van der Waals surface area contributed by atoms with Crippen LogP contribution in [0.2, 0.25) is 0 Å². The van der Waals surface area contributed by atoms with E-state index < -0.39 is 16.0 Å². The number of hydrazone groups is 1. The van der Waals surface area contributed by atoms with E-state index in [-0.39, 0.29) is 4.90 Å². The Morgan fingerprint density at radius 2 is 1.58 bits per heavy atom. The molecule has 0 radical (unpaired) electrons. The van der Waals surface area contributed by atoms with Crippen LogP contribution in [0.1, 0.15) is 29.3 Å². The number of nitrogens with zero attached hydrogens (tertiary/aromatic N) is 1. The summed E-state index contributed by atoms with van der Waals surface area (Å²) in [6.45, 7) is 2.64. The lowest BCUT2D eigenvalue weighted by molar-refractivity contribution is 0.0734. The molecular formula is C23H22N2O5S. The molecule has 3 rings (SSSR count). The maximum atomic E-state index is 12.3. The smallest absolute Gasteiger partial charge is 0.343 e. The van der Waals surface area contributed by atoms with Crippen molar-refractivity contribution in [1.29, 1.82) is 0 Å². The summed E-state index contributed by atoms with van der Waals surface area (Å²) < 4.78 is 35.1. The molecule has 0 aliphatic carbocycles. The average molecular weight is 439 g/mol. The van der Waals surface area contributed by atoms with Gasteiger partial charge < -0.3 is 9.47 Å². The Labute approximate surface area is 181 Å². The zero-order valence-corrected chi connectivity index (χ0v) is 17.7. The Balaban J connectivity index is 1.56. The van der Waals surface area contributed by atoms with Gasteiger partial charge >= 0.3 is 5.97 Å². The predicted octanol–water partition coefficient (Wildman–Crippen LogP) is 4.01. The summed E-state index contributed by atoms with van der Waals surface area (Å²) in [6, 6.07) is 21.2. The first kappa shape index (κ1) is 22.0. The summed E-state index contributed by atoms with van der Waals surface area (Å²) in [7, 11) is -3.72. The fourth-order valence-electron chi connectivity index (χ4n) is 2.52. The number of hydrogen-bond donors (Lipinski definition) is 1. The van der Waals surface area contributed by atoms with Crippen molar-refractivity contribution in [2.75, 3.05) is 6.61 Å². The number of esters is 1. The number of hydrogen-bond acceptors (Lipinski definition) is 6. The van der Waals surface area contributed by atoms with E-state index in [4.69, 9.17) is 9.47 Å². The van der Waals surface area contributed by atoms with Crippen molar-refractivity contribution < 1.29 is 22.7 Å². The van der Waals surface area contributed by atoms with Crippen LogP contribution in [0.5, 0.6) is 11.5 Å². The lowest BCUT2D eigenvalue weighted by atomic mass is 10.2. The SMILES string of the molecule is CCCOc1ccc(C(=O)Oc2ccc(C=NNS(=O)(=O)c3ccccc3)cc2)cc1.